The van der Waals surface area contributed by atoms with E-state index < -0.39 is 11.9 Å². The quantitative estimate of drug-likeness (QED) is 0.171. The first-order chi connectivity index (χ1) is 16.6. The Labute approximate surface area is 201 Å². The van der Waals surface area contributed by atoms with E-state index in [1.54, 1.807) is 48.5 Å². The minimum absolute atomic E-state index is 0.0253. The zero-order valence-electron chi connectivity index (χ0n) is 19.2. The summed E-state index contributed by atoms with van der Waals surface area (Å²) in [5.74, 6) is -1.62. The lowest BCUT2D eigenvalue weighted by Crippen LogP contribution is -2.16. The minimum Gasteiger partial charge on any atom is -0.380 e. The van der Waals surface area contributed by atoms with Gasteiger partial charge in [-0.25, -0.2) is 9.59 Å². The zero-order valence-corrected chi connectivity index (χ0v) is 19.2. The van der Waals surface area contributed by atoms with Gasteiger partial charge in [-0.2, -0.15) is 0 Å². The van der Waals surface area contributed by atoms with Crippen molar-refractivity contribution < 1.29 is 28.9 Å². The molecular weight excluding hydrogens is 456 g/mol. The van der Waals surface area contributed by atoms with E-state index in [1.807, 2.05) is 0 Å². The monoisotopic (exact) mass is 482 g/mol. The van der Waals surface area contributed by atoms with Crippen molar-refractivity contribution in [2.75, 3.05) is 10.6 Å². The second kappa shape index (κ2) is 13.1. The SMILES string of the molecule is CC(=O)O/N=C(\N)c1ccc(NC(=O)CCCC(=O)Nc2ccc(/C(N)=N/OC(C)=O)cc2)cc1. The Morgan fingerprint density at radius 3 is 1.34 bits per heavy atom. The Morgan fingerprint density at radius 1 is 0.686 bits per heavy atom. The molecule has 0 saturated carbocycles. The number of hydrogen-bond donors (Lipinski definition) is 4. The van der Waals surface area contributed by atoms with Crippen molar-refractivity contribution in [2.45, 2.75) is 33.1 Å². The lowest BCUT2D eigenvalue weighted by molar-refractivity contribution is -0.141. The van der Waals surface area contributed by atoms with E-state index in [0.717, 1.165) is 0 Å². The number of oxime groups is 2. The Bertz CT molecular complexity index is 1040. The van der Waals surface area contributed by atoms with Gasteiger partial charge in [0.2, 0.25) is 11.8 Å². The van der Waals surface area contributed by atoms with Gasteiger partial charge in [0.05, 0.1) is 0 Å². The molecule has 0 aliphatic heterocycles. The summed E-state index contributed by atoms with van der Waals surface area (Å²) >= 11 is 0. The molecular formula is C23H26N6O6. The summed E-state index contributed by atoms with van der Waals surface area (Å²) in [7, 11) is 0. The van der Waals surface area contributed by atoms with Gasteiger partial charge in [-0.3, -0.25) is 9.59 Å². The predicted octanol–water partition coefficient (Wildman–Crippen LogP) is 1.80. The van der Waals surface area contributed by atoms with Crippen molar-refractivity contribution in [3.63, 3.8) is 0 Å². The van der Waals surface area contributed by atoms with Gasteiger partial charge in [-0.15, -0.1) is 0 Å². The van der Waals surface area contributed by atoms with Gasteiger partial charge >= 0.3 is 11.9 Å². The zero-order chi connectivity index (χ0) is 25.8. The topological polar surface area (TPSA) is 188 Å². The molecule has 12 heteroatoms. The number of anilines is 2. The lowest BCUT2D eigenvalue weighted by atomic mass is 10.1. The number of amides is 2. The Kier molecular flexibility index (Phi) is 9.91. The van der Waals surface area contributed by atoms with Gasteiger partial charge in [-0.1, -0.05) is 10.3 Å². The number of rotatable bonds is 10. The molecule has 0 unspecified atom stereocenters. The third-order valence-electron chi connectivity index (χ3n) is 4.28. The number of amidine groups is 2. The summed E-state index contributed by atoms with van der Waals surface area (Å²) in [6.45, 7) is 2.42. The third kappa shape index (κ3) is 9.74. The molecule has 0 fully saturated rings. The fourth-order valence-electron chi connectivity index (χ4n) is 2.64. The number of nitrogens with two attached hydrogens (primary N) is 2. The Morgan fingerprint density at radius 2 is 1.03 bits per heavy atom. The summed E-state index contributed by atoms with van der Waals surface area (Å²) in [5.41, 5.74) is 13.5. The van der Waals surface area contributed by atoms with E-state index in [0.29, 0.717) is 28.9 Å². The van der Waals surface area contributed by atoms with Crippen LogP contribution in [-0.4, -0.2) is 35.4 Å². The maximum atomic E-state index is 12.1. The highest BCUT2D eigenvalue weighted by molar-refractivity contribution is 5.99. The third-order valence-corrected chi connectivity index (χ3v) is 4.28. The van der Waals surface area contributed by atoms with Crippen LogP contribution in [0.1, 0.15) is 44.2 Å². The molecule has 0 radical (unpaired) electrons. The van der Waals surface area contributed by atoms with Crippen LogP contribution in [0.25, 0.3) is 0 Å². The highest BCUT2D eigenvalue weighted by Crippen LogP contribution is 2.13. The molecule has 0 spiro atoms. The molecule has 2 aromatic rings. The smallest absolute Gasteiger partial charge is 0.332 e. The maximum absolute atomic E-state index is 12.1. The second-order valence-corrected chi connectivity index (χ2v) is 7.22. The van der Waals surface area contributed by atoms with Crippen LogP contribution in [0.5, 0.6) is 0 Å². The molecule has 6 N–H and O–H groups in total. The average molecular weight is 482 g/mol. The van der Waals surface area contributed by atoms with Crippen molar-refractivity contribution in [1.29, 1.82) is 0 Å². The van der Waals surface area contributed by atoms with Gasteiger partial charge in [-0.05, 0) is 55.0 Å². The van der Waals surface area contributed by atoms with Crippen LogP contribution >= 0.6 is 0 Å². The molecule has 2 rings (SSSR count). The molecule has 0 heterocycles. The maximum Gasteiger partial charge on any atom is 0.332 e. The van der Waals surface area contributed by atoms with Gasteiger partial charge in [0.15, 0.2) is 11.7 Å². The number of carbonyl (C=O) groups is 4. The van der Waals surface area contributed by atoms with Gasteiger partial charge < -0.3 is 31.8 Å². The van der Waals surface area contributed by atoms with Crippen molar-refractivity contribution in [2.24, 2.45) is 21.8 Å². The van der Waals surface area contributed by atoms with Crippen molar-refractivity contribution in [3.8, 4) is 0 Å². The molecule has 0 aliphatic rings. The van der Waals surface area contributed by atoms with Crippen molar-refractivity contribution in [3.05, 3.63) is 59.7 Å². The highest BCUT2D eigenvalue weighted by Gasteiger charge is 2.08. The first-order valence-electron chi connectivity index (χ1n) is 10.5. The fraction of sp³-hybridized carbons (Fsp3) is 0.217. The van der Waals surface area contributed by atoms with Crippen LogP contribution in [0.2, 0.25) is 0 Å². The van der Waals surface area contributed by atoms with Crippen LogP contribution in [0, 0.1) is 0 Å². The first kappa shape index (κ1) is 26.5. The predicted molar refractivity (Wildman–Crippen MR) is 129 cm³/mol. The summed E-state index contributed by atoms with van der Waals surface area (Å²) in [6.07, 6.45) is 0.637. The van der Waals surface area contributed by atoms with E-state index in [1.165, 1.54) is 13.8 Å². The number of carbonyl (C=O) groups excluding carboxylic acids is 4. The van der Waals surface area contributed by atoms with E-state index in [4.69, 9.17) is 11.5 Å². The number of nitrogens with one attached hydrogen (secondary N) is 2. The average Bonchev–Trinajstić information content (AvgIpc) is 2.81. The normalized spacial score (nSPS) is 11.4. The molecule has 2 amide bonds. The van der Waals surface area contributed by atoms with Crippen LogP contribution in [-0.2, 0) is 28.9 Å². The molecule has 0 aromatic heterocycles. The summed E-state index contributed by atoms with van der Waals surface area (Å²) in [5, 5.41) is 12.4. The molecule has 0 atom stereocenters. The van der Waals surface area contributed by atoms with Crippen LogP contribution < -0.4 is 22.1 Å². The van der Waals surface area contributed by atoms with Crippen molar-refractivity contribution in [1.82, 2.24) is 0 Å². The summed E-state index contributed by atoms with van der Waals surface area (Å²) in [6, 6.07) is 13.0. The number of benzene rings is 2. The first-order valence-corrected chi connectivity index (χ1v) is 10.5. The van der Waals surface area contributed by atoms with E-state index >= 15 is 0 Å². The van der Waals surface area contributed by atoms with Crippen LogP contribution in [0.3, 0.4) is 0 Å². The number of nitrogens with zero attached hydrogens (tertiary/aromatic N) is 2. The number of hydrogen-bond acceptors (Lipinski definition) is 8. The van der Waals surface area contributed by atoms with E-state index in [2.05, 4.69) is 30.6 Å². The Balaban J connectivity index is 1.75. The fourth-order valence-corrected chi connectivity index (χ4v) is 2.64. The summed E-state index contributed by atoms with van der Waals surface area (Å²) in [4.78, 5) is 54.8. The highest BCUT2D eigenvalue weighted by atomic mass is 16.7. The van der Waals surface area contributed by atoms with E-state index in [9.17, 15) is 19.2 Å². The molecule has 0 aliphatic carbocycles. The lowest BCUT2D eigenvalue weighted by Gasteiger charge is -2.08. The second-order valence-electron chi connectivity index (χ2n) is 7.22. The van der Waals surface area contributed by atoms with Gasteiger partial charge in [0.1, 0.15) is 0 Å². The van der Waals surface area contributed by atoms with Crippen LogP contribution in [0.15, 0.2) is 58.8 Å². The minimum atomic E-state index is -0.586. The molecule has 184 valence electrons. The van der Waals surface area contributed by atoms with Gasteiger partial charge in [0.25, 0.3) is 0 Å². The molecule has 2 aromatic carbocycles. The molecule has 12 nitrogen and oxygen atoms in total. The standard InChI is InChI=1S/C23H26N6O6/c1-14(30)34-28-22(24)16-6-10-18(11-7-16)26-20(32)4-3-5-21(33)27-19-12-8-17(9-13-19)23(25)29-35-15(2)31/h6-13H,3-5H2,1-2H3,(H2,24,28)(H2,25,29)(H,26,32)(H,27,33). The van der Waals surface area contributed by atoms with Crippen LogP contribution in [0.4, 0.5) is 11.4 Å². The largest absolute Gasteiger partial charge is 0.380 e. The molecule has 35 heavy (non-hydrogen) atoms. The Hall–Kier alpha value is -4.74. The molecule has 0 bridgehead atoms. The van der Waals surface area contributed by atoms with E-state index in [-0.39, 0.29) is 36.3 Å². The summed E-state index contributed by atoms with van der Waals surface area (Å²) < 4.78 is 0. The van der Waals surface area contributed by atoms with Gasteiger partial charge in [0, 0.05) is 49.2 Å². The molecule has 0 saturated heterocycles. The van der Waals surface area contributed by atoms with Crippen molar-refractivity contribution >= 4 is 46.8 Å².